The molecular formula is C31H37N7O3Si. The van der Waals surface area contributed by atoms with Crippen molar-refractivity contribution in [2.45, 2.75) is 38.5 Å². The fraction of sp³-hybridized carbons (Fsp3) is 0.484. The molecule has 1 aromatic carbocycles. The van der Waals surface area contributed by atoms with E-state index < -0.39 is 8.07 Å². The molecule has 3 saturated heterocycles. The molecule has 3 aromatic heterocycles. The third-order valence-corrected chi connectivity index (χ3v) is 10.0. The summed E-state index contributed by atoms with van der Waals surface area (Å²) >= 11 is 0. The van der Waals surface area contributed by atoms with E-state index in [2.05, 4.69) is 48.5 Å². The molecule has 3 aliphatic heterocycles. The molecule has 11 heteroatoms. The largest absolute Gasteiger partial charge is 0.381 e. The minimum Gasteiger partial charge on any atom is -0.381 e. The molecule has 218 valence electrons. The zero-order valence-electron chi connectivity index (χ0n) is 24.5. The van der Waals surface area contributed by atoms with E-state index in [0.29, 0.717) is 43.4 Å². The first-order chi connectivity index (χ1) is 20.4. The van der Waals surface area contributed by atoms with Crippen LogP contribution < -0.4 is 4.90 Å². The monoisotopic (exact) mass is 583 g/mol. The minimum atomic E-state index is -1.19. The second-order valence-corrected chi connectivity index (χ2v) is 18.4. The van der Waals surface area contributed by atoms with Gasteiger partial charge in [-0.15, -0.1) is 0 Å². The molecule has 4 aromatic rings. The first-order valence-corrected chi connectivity index (χ1v) is 18.5. The Balaban J connectivity index is 1.23. The van der Waals surface area contributed by atoms with Crippen molar-refractivity contribution in [1.29, 1.82) is 0 Å². The summed E-state index contributed by atoms with van der Waals surface area (Å²) in [4.78, 5) is 17.1. The Hall–Kier alpha value is -3.56. The van der Waals surface area contributed by atoms with E-state index >= 15 is 0 Å². The highest BCUT2D eigenvalue weighted by atomic mass is 28.3. The second kappa shape index (κ2) is 11.3. The molecule has 0 aliphatic carbocycles. The predicted octanol–water partition coefficient (Wildman–Crippen LogP) is 4.06. The third kappa shape index (κ3) is 5.59. The molecule has 10 nitrogen and oxygen atoms in total. The van der Waals surface area contributed by atoms with Gasteiger partial charge in [-0.2, -0.15) is 5.10 Å². The van der Waals surface area contributed by atoms with Gasteiger partial charge in [0.15, 0.2) is 11.5 Å². The fourth-order valence-corrected chi connectivity index (χ4v) is 6.47. The number of aromatic nitrogens is 6. The molecule has 0 radical (unpaired) electrons. The normalized spacial score (nSPS) is 20.5. The van der Waals surface area contributed by atoms with E-state index in [1.807, 2.05) is 39.8 Å². The van der Waals surface area contributed by atoms with Crippen LogP contribution in [0.25, 0.3) is 22.3 Å². The first-order valence-electron chi connectivity index (χ1n) is 14.8. The Labute approximate surface area is 247 Å². The SMILES string of the molecule is C[Si](C)(C)CCOCn1cc(-c2ccccc2)nc1C#Cc1nc(N2C[C@H]3COC[C@H]3C2)c2cnn(C3COC3)c2n1. The zero-order chi connectivity index (χ0) is 28.7. The van der Waals surface area contributed by atoms with Crippen molar-refractivity contribution in [3.63, 3.8) is 0 Å². The highest BCUT2D eigenvalue weighted by Gasteiger charge is 2.38. The van der Waals surface area contributed by atoms with E-state index in [-0.39, 0.29) is 6.04 Å². The number of fused-ring (bicyclic) bond motifs is 2. The molecule has 3 aliphatic rings. The molecule has 0 spiro atoms. The molecule has 6 heterocycles. The van der Waals surface area contributed by atoms with Crippen molar-refractivity contribution in [1.82, 2.24) is 29.3 Å². The standard InChI is InChI=1S/C31H37N7O3Si/c1-42(2,3)12-11-39-21-37-16-27(22-7-5-4-6-8-22)33-29(37)10-9-28-34-30(36-14-23-17-40-18-24(23)15-36)26-13-32-38(31(26)35-28)25-19-41-20-25/h4-8,13,16,23-25H,11-12,14-15,17-21H2,1-3H3/t23-,24+. The summed E-state index contributed by atoms with van der Waals surface area (Å²) in [6, 6.07) is 11.4. The lowest BCUT2D eigenvalue weighted by Crippen LogP contribution is -2.31. The van der Waals surface area contributed by atoms with Gasteiger partial charge in [-0.05, 0) is 17.9 Å². The molecule has 0 bridgehead atoms. The highest BCUT2D eigenvalue weighted by molar-refractivity contribution is 6.76. The summed E-state index contributed by atoms with van der Waals surface area (Å²) in [6.07, 6.45) is 3.90. The maximum Gasteiger partial charge on any atom is 0.209 e. The predicted molar refractivity (Wildman–Crippen MR) is 163 cm³/mol. The topological polar surface area (TPSA) is 92.3 Å². The average molecular weight is 584 g/mol. The lowest BCUT2D eigenvalue weighted by Gasteiger charge is -2.26. The van der Waals surface area contributed by atoms with Gasteiger partial charge in [-0.3, -0.25) is 4.57 Å². The number of rotatable bonds is 8. The van der Waals surface area contributed by atoms with Gasteiger partial charge in [0.25, 0.3) is 0 Å². The molecule has 7 rings (SSSR count). The van der Waals surface area contributed by atoms with Crippen LogP contribution in [0.2, 0.25) is 25.7 Å². The number of anilines is 1. The van der Waals surface area contributed by atoms with Crippen molar-refractivity contribution in [3.05, 3.63) is 54.4 Å². The molecule has 0 saturated carbocycles. The van der Waals surface area contributed by atoms with Crippen molar-refractivity contribution in [2.75, 3.05) is 51.0 Å². The molecule has 42 heavy (non-hydrogen) atoms. The second-order valence-electron chi connectivity index (χ2n) is 12.7. The van der Waals surface area contributed by atoms with Crippen molar-refractivity contribution in [2.24, 2.45) is 11.8 Å². The van der Waals surface area contributed by atoms with Gasteiger partial charge in [-0.25, -0.2) is 19.6 Å². The summed E-state index contributed by atoms with van der Waals surface area (Å²) in [7, 11) is -1.19. The van der Waals surface area contributed by atoms with Crippen LogP contribution in [0.4, 0.5) is 5.82 Å². The summed E-state index contributed by atoms with van der Waals surface area (Å²) in [5.74, 6) is 9.58. The average Bonchev–Trinajstić information content (AvgIpc) is 3.72. The van der Waals surface area contributed by atoms with E-state index in [1.165, 1.54) is 0 Å². The molecule has 3 fully saturated rings. The summed E-state index contributed by atoms with van der Waals surface area (Å²) in [5, 5.41) is 5.65. The number of benzene rings is 1. The number of imidazole rings is 1. The third-order valence-electron chi connectivity index (χ3n) is 8.30. The summed E-state index contributed by atoms with van der Waals surface area (Å²) in [5.41, 5.74) is 2.70. The maximum atomic E-state index is 6.09. The number of hydrogen-bond acceptors (Lipinski definition) is 8. The molecular weight excluding hydrogens is 546 g/mol. The van der Waals surface area contributed by atoms with Gasteiger partial charge in [0, 0.05) is 51.4 Å². The van der Waals surface area contributed by atoms with Crippen LogP contribution >= 0.6 is 0 Å². The maximum absolute atomic E-state index is 6.09. The van der Waals surface area contributed by atoms with Gasteiger partial charge in [0.1, 0.15) is 18.6 Å². The molecule has 0 amide bonds. The Kier molecular flexibility index (Phi) is 7.31. The lowest BCUT2D eigenvalue weighted by atomic mass is 10.0. The van der Waals surface area contributed by atoms with Crippen LogP contribution in [0.3, 0.4) is 0 Å². The Morgan fingerprint density at radius 3 is 2.43 bits per heavy atom. The van der Waals surface area contributed by atoms with Crippen LogP contribution in [0.1, 0.15) is 17.7 Å². The van der Waals surface area contributed by atoms with Gasteiger partial charge < -0.3 is 19.1 Å². The highest BCUT2D eigenvalue weighted by Crippen LogP contribution is 2.35. The van der Waals surface area contributed by atoms with E-state index in [0.717, 1.165) is 67.1 Å². The fourth-order valence-electron chi connectivity index (χ4n) is 5.71. The van der Waals surface area contributed by atoms with E-state index in [1.54, 1.807) is 0 Å². The van der Waals surface area contributed by atoms with E-state index in [4.69, 9.17) is 34.3 Å². The van der Waals surface area contributed by atoms with Gasteiger partial charge in [0.2, 0.25) is 5.82 Å². The summed E-state index contributed by atoms with van der Waals surface area (Å²) in [6.45, 7) is 12.9. The zero-order valence-corrected chi connectivity index (χ0v) is 25.5. The minimum absolute atomic E-state index is 0.179. The Bertz CT molecular complexity index is 1620. The summed E-state index contributed by atoms with van der Waals surface area (Å²) < 4.78 is 21.2. The van der Waals surface area contributed by atoms with E-state index in [9.17, 15) is 0 Å². The van der Waals surface area contributed by atoms with Crippen LogP contribution in [0.5, 0.6) is 0 Å². The van der Waals surface area contributed by atoms with Crippen molar-refractivity contribution >= 4 is 24.9 Å². The van der Waals surface area contributed by atoms with Crippen LogP contribution in [0, 0.1) is 23.7 Å². The number of hydrogen-bond donors (Lipinski definition) is 0. The quantitative estimate of drug-likeness (QED) is 0.174. The molecule has 2 atom stereocenters. The molecule has 0 N–H and O–H groups in total. The Morgan fingerprint density at radius 2 is 1.71 bits per heavy atom. The van der Waals surface area contributed by atoms with Gasteiger partial charge in [-0.1, -0.05) is 50.0 Å². The first kappa shape index (κ1) is 27.3. The number of nitrogens with zero attached hydrogens (tertiary/aromatic N) is 7. The van der Waals surface area contributed by atoms with Crippen molar-refractivity contribution in [3.8, 4) is 23.1 Å². The van der Waals surface area contributed by atoms with Crippen LogP contribution in [0.15, 0.2) is 42.7 Å². The van der Waals surface area contributed by atoms with Crippen LogP contribution in [-0.4, -0.2) is 83.5 Å². The van der Waals surface area contributed by atoms with Gasteiger partial charge >= 0.3 is 0 Å². The van der Waals surface area contributed by atoms with Gasteiger partial charge in [0.05, 0.1) is 43.7 Å². The molecule has 0 unspecified atom stereocenters. The van der Waals surface area contributed by atoms with Crippen LogP contribution in [-0.2, 0) is 20.9 Å². The van der Waals surface area contributed by atoms with Crippen molar-refractivity contribution < 1.29 is 14.2 Å². The smallest absolute Gasteiger partial charge is 0.209 e. The Morgan fingerprint density at radius 1 is 0.952 bits per heavy atom. The lowest BCUT2D eigenvalue weighted by molar-refractivity contribution is -0.0269. The number of ether oxygens (including phenoxy) is 3.